The molecule has 0 spiro atoms. The van der Waals surface area contributed by atoms with Crippen LogP contribution in [0.3, 0.4) is 0 Å². The van der Waals surface area contributed by atoms with Crippen molar-refractivity contribution >= 4 is 5.91 Å². The van der Waals surface area contributed by atoms with Gasteiger partial charge in [0.2, 0.25) is 0 Å². The maximum Gasteiger partial charge on any atom is 0.416 e. The van der Waals surface area contributed by atoms with Gasteiger partial charge < -0.3 is 10.2 Å². The molecule has 150 valence electrons. The van der Waals surface area contributed by atoms with Crippen LogP contribution in [0.1, 0.15) is 21.5 Å². The van der Waals surface area contributed by atoms with Crippen LogP contribution < -0.4 is 5.32 Å². The van der Waals surface area contributed by atoms with Crippen LogP contribution in [0, 0.1) is 0 Å². The highest BCUT2D eigenvalue weighted by Crippen LogP contribution is 2.38. The Labute approximate surface area is 157 Å². The predicted molar refractivity (Wildman–Crippen MR) is 90.7 cm³/mol. The fourth-order valence-corrected chi connectivity index (χ4v) is 2.98. The van der Waals surface area contributed by atoms with E-state index in [2.05, 4.69) is 5.32 Å². The molecule has 1 aliphatic rings. The van der Waals surface area contributed by atoms with Crippen molar-refractivity contribution in [2.24, 2.45) is 0 Å². The lowest BCUT2D eigenvalue weighted by molar-refractivity contribution is -0.143. The molecule has 1 aliphatic heterocycles. The topological polar surface area (TPSA) is 32.3 Å². The number of carbonyl (C=O) groups excluding carboxylic acids is 1. The minimum atomic E-state index is -4.91. The maximum atomic E-state index is 13.0. The third-order valence-electron chi connectivity index (χ3n) is 4.46. The van der Waals surface area contributed by atoms with Crippen molar-refractivity contribution in [2.45, 2.75) is 12.4 Å². The Morgan fingerprint density at radius 2 is 1.29 bits per heavy atom. The van der Waals surface area contributed by atoms with Gasteiger partial charge in [-0.2, -0.15) is 26.3 Å². The van der Waals surface area contributed by atoms with Crippen LogP contribution in [0.2, 0.25) is 0 Å². The summed E-state index contributed by atoms with van der Waals surface area (Å²) >= 11 is 0. The Morgan fingerprint density at radius 1 is 0.786 bits per heavy atom. The molecule has 0 saturated carbocycles. The third-order valence-corrected chi connectivity index (χ3v) is 4.46. The summed E-state index contributed by atoms with van der Waals surface area (Å²) in [6, 6.07) is 6.95. The second-order valence-electron chi connectivity index (χ2n) is 6.41. The number of carbonyl (C=O) groups is 1. The molecule has 3 nitrogen and oxygen atoms in total. The molecule has 1 heterocycles. The van der Waals surface area contributed by atoms with Crippen LogP contribution in [0.25, 0.3) is 11.1 Å². The Hall–Kier alpha value is -2.55. The molecule has 9 heteroatoms. The summed E-state index contributed by atoms with van der Waals surface area (Å²) in [5.74, 6) is -0.229. The fourth-order valence-electron chi connectivity index (χ4n) is 2.98. The molecule has 0 radical (unpaired) electrons. The molecule has 3 rings (SSSR count). The maximum absolute atomic E-state index is 13.0. The van der Waals surface area contributed by atoms with Crippen LogP contribution in [0.5, 0.6) is 0 Å². The molecule has 2 aromatic rings. The van der Waals surface area contributed by atoms with Gasteiger partial charge in [-0.1, -0.05) is 12.1 Å². The SMILES string of the molecule is O=C(c1ccc(-c2cc(C(F)(F)F)cc(C(F)(F)F)c2)cc1)N1CCNCC1. The van der Waals surface area contributed by atoms with Crippen LogP contribution in [-0.4, -0.2) is 37.0 Å². The zero-order chi connectivity index (χ0) is 20.5. The number of hydrogen-bond acceptors (Lipinski definition) is 2. The molecule has 0 aromatic heterocycles. The monoisotopic (exact) mass is 402 g/mol. The van der Waals surface area contributed by atoms with Crippen molar-refractivity contribution in [3.05, 3.63) is 59.2 Å². The van der Waals surface area contributed by atoms with E-state index in [1.807, 2.05) is 0 Å². The molecule has 1 N–H and O–H groups in total. The normalized spacial score (nSPS) is 15.6. The number of hydrogen-bond donors (Lipinski definition) is 1. The Bertz CT molecular complexity index is 820. The molecule has 0 aliphatic carbocycles. The molecular weight excluding hydrogens is 386 g/mol. The lowest BCUT2D eigenvalue weighted by atomic mass is 9.98. The summed E-state index contributed by atoms with van der Waals surface area (Å²) in [6.07, 6.45) is -9.82. The molecule has 0 bridgehead atoms. The first kappa shape index (κ1) is 20.2. The van der Waals surface area contributed by atoms with Gasteiger partial charge in [-0.05, 0) is 41.5 Å². The summed E-state index contributed by atoms with van der Waals surface area (Å²) in [5.41, 5.74) is -2.48. The highest BCUT2D eigenvalue weighted by molar-refractivity contribution is 5.94. The molecule has 0 atom stereocenters. The van der Waals surface area contributed by atoms with Crippen molar-refractivity contribution in [3.8, 4) is 11.1 Å². The number of halogens is 6. The highest BCUT2D eigenvalue weighted by atomic mass is 19.4. The summed E-state index contributed by atoms with van der Waals surface area (Å²) in [6.45, 7) is 2.38. The van der Waals surface area contributed by atoms with Crippen molar-refractivity contribution in [1.82, 2.24) is 10.2 Å². The number of amides is 1. The molecule has 1 saturated heterocycles. The van der Waals surface area contributed by atoms with Gasteiger partial charge >= 0.3 is 12.4 Å². The minimum absolute atomic E-state index is 0.0891. The fraction of sp³-hybridized carbons (Fsp3) is 0.316. The van der Waals surface area contributed by atoms with Gasteiger partial charge in [0.05, 0.1) is 11.1 Å². The number of piperazine rings is 1. The van der Waals surface area contributed by atoms with Gasteiger partial charge in [0.15, 0.2) is 0 Å². The van der Waals surface area contributed by atoms with Crippen molar-refractivity contribution < 1.29 is 31.1 Å². The zero-order valence-electron chi connectivity index (χ0n) is 14.5. The molecule has 0 unspecified atom stereocenters. The summed E-state index contributed by atoms with van der Waals surface area (Å²) in [4.78, 5) is 14.1. The van der Waals surface area contributed by atoms with Crippen molar-refractivity contribution in [1.29, 1.82) is 0 Å². The van der Waals surface area contributed by atoms with E-state index in [-0.39, 0.29) is 23.1 Å². The Kier molecular flexibility index (Phi) is 5.38. The number of alkyl halides is 6. The average Bonchev–Trinajstić information content (AvgIpc) is 2.66. The van der Waals surface area contributed by atoms with Crippen molar-refractivity contribution in [3.63, 3.8) is 0 Å². The largest absolute Gasteiger partial charge is 0.416 e. The molecule has 1 amide bonds. The van der Waals surface area contributed by atoms with E-state index < -0.39 is 23.5 Å². The first-order chi connectivity index (χ1) is 13.1. The van der Waals surface area contributed by atoms with Crippen molar-refractivity contribution in [2.75, 3.05) is 26.2 Å². The molecular formula is C19H16F6N2O. The third kappa shape index (κ3) is 4.46. The first-order valence-corrected chi connectivity index (χ1v) is 8.45. The molecule has 1 fully saturated rings. The van der Waals surface area contributed by atoms with E-state index in [4.69, 9.17) is 0 Å². The van der Waals surface area contributed by atoms with Gasteiger partial charge in [0.1, 0.15) is 0 Å². The highest BCUT2D eigenvalue weighted by Gasteiger charge is 2.37. The zero-order valence-corrected chi connectivity index (χ0v) is 14.5. The van der Waals surface area contributed by atoms with Gasteiger partial charge in [0, 0.05) is 31.7 Å². The Balaban J connectivity index is 1.93. The van der Waals surface area contributed by atoms with Gasteiger partial charge in [0.25, 0.3) is 5.91 Å². The van der Waals surface area contributed by atoms with E-state index in [0.29, 0.717) is 43.9 Å². The Morgan fingerprint density at radius 3 is 1.75 bits per heavy atom. The number of rotatable bonds is 2. The van der Waals surface area contributed by atoms with Crippen LogP contribution in [-0.2, 0) is 12.4 Å². The lowest BCUT2D eigenvalue weighted by Crippen LogP contribution is -2.46. The van der Waals surface area contributed by atoms with Gasteiger partial charge in [-0.3, -0.25) is 4.79 Å². The van der Waals surface area contributed by atoms with E-state index in [9.17, 15) is 31.1 Å². The van der Waals surface area contributed by atoms with Crippen LogP contribution >= 0.6 is 0 Å². The van der Waals surface area contributed by atoms with Crippen LogP contribution in [0.4, 0.5) is 26.3 Å². The second kappa shape index (κ2) is 7.46. The van der Waals surface area contributed by atoms with Gasteiger partial charge in [-0.25, -0.2) is 0 Å². The van der Waals surface area contributed by atoms with E-state index in [1.54, 1.807) is 4.90 Å². The molecule has 2 aromatic carbocycles. The molecule has 28 heavy (non-hydrogen) atoms. The van der Waals surface area contributed by atoms with E-state index >= 15 is 0 Å². The van der Waals surface area contributed by atoms with E-state index in [0.717, 1.165) is 0 Å². The average molecular weight is 402 g/mol. The predicted octanol–water partition coefficient (Wildman–Crippen LogP) is 4.44. The second-order valence-corrected chi connectivity index (χ2v) is 6.41. The lowest BCUT2D eigenvalue weighted by Gasteiger charge is -2.27. The first-order valence-electron chi connectivity index (χ1n) is 8.45. The quantitative estimate of drug-likeness (QED) is 0.754. The summed E-state index contributed by atoms with van der Waals surface area (Å²) in [7, 11) is 0. The van der Waals surface area contributed by atoms with Crippen LogP contribution in [0.15, 0.2) is 42.5 Å². The summed E-state index contributed by atoms with van der Waals surface area (Å²) in [5, 5.41) is 3.11. The number of benzene rings is 2. The van der Waals surface area contributed by atoms with Gasteiger partial charge in [-0.15, -0.1) is 0 Å². The minimum Gasteiger partial charge on any atom is -0.336 e. The smallest absolute Gasteiger partial charge is 0.336 e. The number of nitrogens with one attached hydrogen (secondary N) is 1. The standard InChI is InChI=1S/C19H16F6N2O/c20-18(21,22)15-9-14(10-16(11-15)19(23,24)25)12-1-3-13(4-2-12)17(28)27-7-5-26-6-8-27/h1-4,9-11,26H,5-8H2. The summed E-state index contributed by atoms with van der Waals surface area (Å²) < 4.78 is 78.0. The number of nitrogens with zero attached hydrogens (tertiary/aromatic N) is 1. The van der Waals surface area contributed by atoms with E-state index in [1.165, 1.54) is 24.3 Å².